The molecule has 0 spiro atoms. The Morgan fingerprint density at radius 3 is 2.11 bits per heavy atom. The SMILES string of the molecule is COc1cc(NC(=O)CN(Cc2ccccc2C)C(C)=O)cc(OC)c1OC. The van der Waals surface area contributed by atoms with Crippen molar-refractivity contribution in [3.8, 4) is 17.2 Å². The molecule has 0 aromatic heterocycles. The van der Waals surface area contributed by atoms with Crippen molar-refractivity contribution in [2.24, 2.45) is 0 Å². The van der Waals surface area contributed by atoms with Crippen LogP contribution in [0.25, 0.3) is 0 Å². The van der Waals surface area contributed by atoms with Gasteiger partial charge in [0, 0.05) is 31.3 Å². The highest BCUT2D eigenvalue weighted by Gasteiger charge is 2.18. The van der Waals surface area contributed by atoms with Gasteiger partial charge in [-0.05, 0) is 18.1 Å². The molecule has 7 heteroatoms. The van der Waals surface area contributed by atoms with Crippen LogP contribution in [0.4, 0.5) is 5.69 Å². The van der Waals surface area contributed by atoms with Crippen LogP contribution in [0.3, 0.4) is 0 Å². The molecule has 7 nitrogen and oxygen atoms in total. The summed E-state index contributed by atoms with van der Waals surface area (Å²) in [7, 11) is 4.51. The smallest absolute Gasteiger partial charge is 0.244 e. The van der Waals surface area contributed by atoms with Gasteiger partial charge in [-0.3, -0.25) is 9.59 Å². The largest absolute Gasteiger partial charge is 0.493 e. The molecule has 1 N–H and O–H groups in total. The van der Waals surface area contributed by atoms with Crippen molar-refractivity contribution in [2.75, 3.05) is 33.2 Å². The van der Waals surface area contributed by atoms with E-state index in [4.69, 9.17) is 14.2 Å². The fraction of sp³-hybridized carbons (Fsp3) is 0.333. The molecule has 0 aliphatic carbocycles. The van der Waals surface area contributed by atoms with Crippen molar-refractivity contribution in [3.05, 3.63) is 47.5 Å². The fourth-order valence-electron chi connectivity index (χ4n) is 2.80. The van der Waals surface area contributed by atoms with Gasteiger partial charge < -0.3 is 24.4 Å². The van der Waals surface area contributed by atoms with Crippen molar-refractivity contribution >= 4 is 17.5 Å². The lowest BCUT2D eigenvalue weighted by molar-refractivity contribution is -0.133. The highest BCUT2D eigenvalue weighted by atomic mass is 16.5. The van der Waals surface area contributed by atoms with Gasteiger partial charge in [0.2, 0.25) is 17.6 Å². The van der Waals surface area contributed by atoms with Gasteiger partial charge in [0.1, 0.15) is 6.54 Å². The van der Waals surface area contributed by atoms with Crippen molar-refractivity contribution in [3.63, 3.8) is 0 Å². The maximum Gasteiger partial charge on any atom is 0.244 e. The molecule has 0 radical (unpaired) electrons. The zero-order chi connectivity index (χ0) is 20.7. The van der Waals surface area contributed by atoms with Crippen LogP contribution in [0.1, 0.15) is 18.1 Å². The second-order valence-electron chi connectivity index (χ2n) is 6.26. The summed E-state index contributed by atoms with van der Waals surface area (Å²) < 4.78 is 15.9. The van der Waals surface area contributed by atoms with Crippen molar-refractivity contribution in [1.29, 1.82) is 0 Å². The molecule has 28 heavy (non-hydrogen) atoms. The topological polar surface area (TPSA) is 77.1 Å². The van der Waals surface area contributed by atoms with Crippen LogP contribution < -0.4 is 19.5 Å². The number of carbonyl (C=O) groups is 2. The predicted octanol–water partition coefficient (Wildman–Crippen LogP) is 3.01. The molecular formula is C21H26N2O5. The third kappa shape index (κ3) is 5.16. The van der Waals surface area contributed by atoms with Gasteiger partial charge >= 0.3 is 0 Å². The van der Waals surface area contributed by atoms with Crippen LogP contribution in [-0.4, -0.2) is 44.6 Å². The summed E-state index contributed by atoms with van der Waals surface area (Å²) >= 11 is 0. The number of methoxy groups -OCH3 is 3. The van der Waals surface area contributed by atoms with Gasteiger partial charge in [0.05, 0.1) is 21.3 Å². The number of amides is 2. The van der Waals surface area contributed by atoms with E-state index in [1.165, 1.54) is 33.2 Å². The minimum Gasteiger partial charge on any atom is -0.493 e. The Balaban J connectivity index is 2.15. The van der Waals surface area contributed by atoms with E-state index in [1.54, 1.807) is 12.1 Å². The normalized spacial score (nSPS) is 10.2. The first-order chi connectivity index (χ1) is 13.4. The summed E-state index contributed by atoms with van der Waals surface area (Å²) in [5, 5.41) is 2.78. The first kappa shape index (κ1) is 21.1. The molecule has 0 aliphatic rings. The summed E-state index contributed by atoms with van der Waals surface area (Å²) in [5.74, 6) is 0.801. The van der Waals surface area contributed by atoms with Crippen LogP contribution in [-0.2, 0) is 16.1 Å². The third-order valence-corrected chi connectivity index (χ3v) is 4.35. The maximum absolute atomic E-state index is 12.5. The van der Waals surface area contributed by atoms with Crippen LogP contribution in [0.2, 0.25) is 0 Å². The lowest BCUT2D eigenvalue weighted by Crippen LogP contribution is -2.36. The van der Waals surface area contributed by atoms with E-state index in [0.717, 1.165) is 11.1 Å². The van der Waals surface area contributed by atoms with Crippen molar-refractivity contribution in [2.45, 2.75) is 20.4 Å². The van der Waals surface area contributed by atoms with Gasteiger partial charge in [-0.2, -0.15) is 0 Å². The maximum atomic E-state index is 12.5. The zero-order valence-corrected chi connectivity index (χ0v) is 16.9. The van der Waals surface area contributed by atoms with E-state index >= 15 is 0 Å². The minimum atomic E-state index is -0.321. The Morgan fingerprint density at radius 2 is 1.61 bits per heavy atom. The van der Waals surface area contributed by atoms with E-state index in [9.17, 15) is 9.59 Å². The highest BCUT2D eigenvalue weighted by molar-refractivity contribution is 5.94. The minimum absolute atomic E-state index is 0.0691. The number of benzene rings is 2. The summed E-state index contributed by atoms with van der Waals surface area (Å²) in [5.41, 5.74) is 2.55. The number of rotatable bonds is 8. The van der Waals surface area contributed by atoms with Crippen molar-refractivity contribution in [1.82, 2.24) is 4.90 Å². The Hall–Kier alpha value is -3.22. The molecule has 0 bridgehead atoms. The third-order valence-electron chi connectivity index (χ3n) is 4.35. The summed E-state index contributed by atoms with van der Waals surface area (Å²) in [6, 6.07) is 11.0. The molecule has 0 aliphatic heterocycles. The molecule has 0 saturated heterocycles. The molecule has 150 valence electrons. The Bertz CT molecular complexity index is 825. The van der Waals surface area contributed by atoms with Crippen LogP contribution in [0.5, 0.6) is 17.2 Å². The zero-order valence-electron chi connectivity index (χ0n) is 16.9. The van der Waals surface area contributed by atoms with Gasteiger partial charge in [-0.15, -0.1) is 0 Å². The van der Waals surface area contributed by atoms with E-state index in [2.05, 4.69) is 5.32 Å². The van der Waals surface area contributed by atoms with Crippen molar-refractivity contribution < 1.29 is 23.8 Å². The highest BCUT2D eigenvalue weighted by Crippen LogP contribution is 2.39. The lowest BCUT2D eigenvalue weighted by atomic mass is 10.1. The average Bonchev–Trinajstić information content (AvgIpc) is 2.68. The number of hydrogen-bond acceptors (Lipinski definition) is 5. The van der Waals surface area contributed by atoms with E-state index < -0.39 is 0 Å². The number of aryl methyl sites for hydroxylation is 1. The van der Waals surface area contributed by atoms with Gasteiger partial charge in [0.25, 0.3) is 0 Å². The predicted molar refractivity (Wildman–Crippen MR) is 107 cm³/mol. The van der Waals surface area contributed by atoms with Crippen LogP contribution in [0.15, 0.2) is 36.4 Å². The first-order valence-electron chi connectivity index (χ1n) is 8.79. The summed E-state index contributed by atoms with van der Waals surface area (Å²) in [6.45, 7) is 3.72. The number of anilines is 1. The average molecular weight is 386 g/mol. The molecule has 0 saturated carbocycles. The Labute approximate surface area is 165 Å². The number of nitrogens with zero attached hydrogens (tertiary/aromatic N) is 1. The number of carbonyl (C=O) groups excluding carboxylic acids is 2. The van der Waals surface area contributed by atoms with E-state index in [1.807, 2.05) is 31.2 Å². The molecule has 2 amide bonds. The van der Waals surface area contributed by atoms with Gasteiger partial charge in [0.15, 0.2) is 11.5 Å². The molecule has 0 atom stereocenters. The standard InChI is InChI=1S/C21H26N2O5/c1-14-8-6-7-9-16(14)12-23(15(2)24)13-20(25)22-17-10-18(26-3)21(28-5)19(11-17)27-4/h6-11H,12-13H2,1-5H3,(H,22,25). The number of nitrogens with one attached hydrogen (secondary N) is 1. The molecule has 2 aromatic carbocycles. The summed E-state index contributed by atoms with van der Waals surface area (Å²) in [4.78, 5) is 26.1. The number of hydrogen-bond donors (Lipinski definition) is 1. The quantitative estimate of drug-likeness (QED) is 0.755. The molecule has 2 rings (SSSR count). The molecule has 0 unspecified atom stereocenters. The fourth-order valence-corrected chi connectivity index (χ4v) is 2.80. The molecule has 2 aromatic rings. The van der Waals surface area contributed by atoms with Crippen LogP contribution in [0, 0.1) is 6.92 Å². The molecular weight excluding hydrogens is 360 g/mol. The monoisotopic (exact) mass is 386 g/mol. The van der Waals surface area contributed by atoms with Crippen LogP contribution >= 0.6 is 0 Å². The number of ether oxygens (including phenoxy) is 3. The second kappa shape index (κ2) is 9.64. The second-order valence-corrected chi connectivity index (χ2v) is 6.26. The Morgan fingerprint density at radius 1 is 1.00 bits per heavy atom. The van der Waals surface area contributed by atoms with Gasteiger partial charge in [-0.25, -0.2) is 0 Å². The Kier molecular flexibility index (Phi) is 7.26. The van der Waals surface area contributed by atoms with Gasteiger partial charge in [-0.1, -0.05) is 24.3 Å². The first-order valence-corrected chi connectivity index (χ1v) is 8.79. The molecule has 0 fully saturated rings. The van der Waals surface area contributed by atoms with E-state index in [0.29, 0.717) is 29.5 Å². The lowest BCUT2D eigenvalue weighted by Gasteiger charge is -2.22. The molecule has 0 heterocycles. The van der Waals surface area contributed by atoms with E-state index in [-0.39, 0.29) is 18.4 Å². The summed E-state index contributed by atoms with van der Waals surface area (Å²) in [6.07, 6.45) is 0.